The fraction of sp³-hybridized carbons (Fsp3) is 0.950. The largest absolute Gasteiger partial charge is 0.390 e. The summed E-state index contributed by atoms with van der Waals surface area (Å²) >= 11 is 0. The number of morpholine rings is 1. The van der Waals surface area contributed by atoms with Crippen LogP contribution in [0.5, 0.6) is 0 Å². The Balaban J connectivity index is 1.26. The van der Waals surface area contributed by atoms with Crippen LogP contribution in [0, 0.1) is 17.3 Å². The highest BCUT2D eigenvalue weighted by atomic mass is 16.5. The predicted octanol–water partition coefficient (Wildman–Crippen LogP) is 1.93. The van der Waals surface area contributed by atoms with Crippen molar-refractivity contribution >= 4 is 5.91 Å². The third-order valence-electron chi connectivity index (χ3n) is 7.35. The molecule has 0 radical (unpaired) electrons. The minimum atomic E-state index is -0.445. The maximum Gasteiger partial charge on any atom is 0.220 e. The smallest absolute Gasteiger partial charge is 0.220 e. The van der Waals surface area contributed by atoms with Crippen LogP contribution in [0.2, 0.25) is 0 Å². The van der Waals surface area contributed by atoms with E-state index in [1.807, 2.05) is 0 Å². The van der Waals surface area contributed by atoms with E-state index in [0.717, 1.165) is 58.5 Å². The van der Waals surface area contributed by atoms with Gasteiger partial charge in [-0.25, -0.2) is 0 Å². The fourth-order valence-electron chi connectivity index (χ4n) is 6.55. The van der Waals surface area contributed by atoms with Crippen LogP contribution in [0.4, 0.5) is 0 Å². The zero-order chi connectivity index (χ0) is 17.5. The van der Waals surface area contributed by atoms with Gasteiger partial charge in [0.25, 0.3) is 0 Å². The van der Waals surface area contributed by atoms with Crippen molar-refractivity contribution in [2.75, 3.05) is 32.8 Å². The molecule has 5 rings (SSSR count). The molecular formula is C20H34N2O3. The Labute approximate surface area is 151 Å². The van der Waals surface area contributed by atoms with Gasteiger partial charge in [-0.3, -0.25) is 9.69 Å². The molecule has 3 unspecified atom stereocenters. The molecule has 2 N–H and O–H groups in total. The van der Waals surface area contributed by atoms with E-state index in [0.29, 0.717) is 18.3 Å². The Morgan fingerprint density at radius 2 is 1.92 bits per heavy atom. The summed E-state index contributed by atoms with van der Waals surface area (Å²) in [5.74, 6) is 1.53. The van der Waals surface area contributed by atoms with Gasteiger partial charge < -0.3 is 15.2 Å². The van der Waals surface area contributed by atoms with Crippen molar-refractivity contribution in [3.05, 3.63) is 0 Å². The minimum Gasteiger partial charge on any atom is -0.390 e. The molecule has 5 aliphatic rings. The molecule has 25 heavy (non-hydrogen) atoms. The zero-order valence-electron chi connectivity index (χ0n) is 15.6. The maximum atomic E-state index is 12.5. The SMILES string of the molecule is CC(NC(=O)CCCN1CCOCC1)C12CC3CC(CC(O)(C3)C1)C2. The molecule has 4 aliphatic carbocycles. The van der Waals surface area contributed by atoms with Crippen LogP contribution in [0.3, 0.4) is 0 Å². The van der Waals surface area contributed by atoms with E-state index in [1.54, 1.807) is 0 Å². The summed E-state index contributed by atoms with van der Waals surface area (Å²) in [6, 6.07) is 0.181. The molecule has 5 nitrogen and oxygen atoms in total. The first-order chi connectivity index (χ1) is 12.0. The molecule has 1 heterocycles. The standard InChI is InChI=1S/C20H34N2O3/c1-15(21-18(23)3-2-4-22-5-7-25-8-6-22)19-10-16-9-17(11-19)13-20(24,12-16)14-19/h15-17,24H,2-14H2,1H3,(H,21,23). The first kappa shape index (κ1) is 17.7. The van der Waals surface area contributed by atoms with Crippen molar-refractivity contribution in [1.29, 1.82) is 0 Å². The topological polar surface area (TPSA) is 61.8 Å². The quantitative estimate of drug-likeness (QED) is 0.768. The van der Waals surface area contributed by atoms with Gasteiger partial charge in [-0.05, 0) is 75.7 Å². The second kappa shape index (κ2) is 6.82. The lowest BCUT2D eigenvalue weighted by atomic mass is 9.46. The van der Waals surface area contributed by atoms with Gasteiger partial charge in [0.15, 0.2) is 0 Å². The average Bonchev–Trinajstić information content (AvgIpc) is 2.53. The number of aliphatic hydroxyl groups is 1. The molecule has 0 aromatic rings. The van der Waals surface area contributed by atoms with Crippen molar-refractivity contribution in [3.63, 3.8) is 0 Å². The molecule has 4 saturated carbocycles. The van der Waals surface area contributed by atoms with Gasteiger partial charge in [-0.2, -0.15) is 0 Å². The molecule has 4 bridgehead atoms. The zero-order valence-corrected chi connectivity index (χ0v) is 15.6. The Morgan fingerprint density at radius 1 is 1.24 bits per heavy atom. The van der Waals surface area contributed by atoms with E-state index < -0.39 is 5.60 Å². The van der Waals surface area contributed by atoms with E-state index in [1.165, 1.54) is 19.3 Å². The molecular weight excluding hydrogens is 316 g/mol. The third kappa shape index (κ3) is 3.74. The summed E-state index contributed by atoms with van der Waals surface area (Å²) < 4.78 is 5.36. The molecule has 0 aromatic heterocycles. The Morgan fingerprint density at radius 3 is 2.56 bits per heavy atom. The summed E-state index contributed by atoms with van der Waals surface area (Å²) in [6.07, 6.45) is 8.08. The molecule has 0 aromatic carbocycles. The fourth-order valence-corrected chi connectivity index (χ4v) is 6.55. The van der Waals surface area contributed by atoms with E-state index in [-0.39, 0.29) is 17.4 Å². The molecule has 1 saturated heterocycles. The Kier molecular flexibility index (Phi) is 4.84. The van der Waals surface area contributed by atoms with Crippen LogP contribution < -0.4 is 5.32 Å². The number of rotatable bonds is 6. The summed E-state index contributed by atoms with van der Waals surface area (Å²) in [5, 5.41) is 14.2. The number of nitrogens with one attached hydrogen (secondary N) is 1. The van der Waals surface area contributed by atoms with Gasteiger partial charge >= 0.3 is 0 Å². The number of hydrogen-bond donors (Lipinski definition) is 2. The molecule has 1 amide bonds. The van der Waals surface area contributed by atoms with Crippen LogP contribution in [0.1, 0.15) is 58.3 Å². The average molecular weight is 351 g/mol. The number of carbonyl (C=O) groups is 1. The van der Waals surface area contributed by atoms with Gasteiger partial charge in [0.2, 0.25) is 5.91 Å². The number of nitrogens with zero attached hydrogens (tertiary/aromatic N) is 1. The van der Waals surface area contributed by atoms with Crippen molar-refractivity contribution in [2.45, 2.75) is 69.9 Å². The molecule has 5 fully saturated rings. The van der Waals surface area contributed by atoms with Crippen molar-refractivity contribution in [1.82, 2.24) is 10.2 Å². The lowest BCUT2D eigenvalue weighted by molar-refractivity contribution is -0.173. The monoisotopic (exact) mass is 350 g/mol. The molecule has 0 spiro atoms. The minimum absolute atomic E-state index is 0.138. The molecule has 3 atom stereocenters. The maximum absolute atomic E-state index is 12.5. The Bertz CT molecular complexity index is 489. The number of hydrogen-bond acceptors (Lipinski definition) is 4. The Hall–Kier alpha value is -0.650. The second-order valence-electron chi connectivity index (χ2n) is 9.39. The molecule has 5 heteroatoms. The number of carbonyl (C=O) groups excluding carboxylic acids is 1. The van der Waals surface area contributed by atoms with Crippen molar-refractivity contribution in [3.8, 4) is 0 Å². The highest BCUT2D eigenvalue weighted by molar-refractivity contribution is 5.76. The van der Waals surface area contributed by atoms with Crippen molar-refractivity contribution in [2.24, 2.45) is 17.3 Å². The van der Waals surface area contributed by atoms with Crippen LogP contribution in [-0.4, -0.2) is 60.4 Å². The predicted molar refractivity (Wildman–Crippen MR) is 96.2 cm³/mol. The summed E-state index contributed by atoms with van der Waals surface area (Å²) in [4.78, 5) is 14.8. The summed E-state index contributed by atoms with van der Waals surface area (Å²) in [7, 11) is 0. The lowest BCUT2D eigenvalue weighted by Crippen LogP contribution is -2.61. The van der Waals surface area contributed by atoms with Crippen LogP contribution in [0.25, 0.3) is 0 Å². The lowest BCUT2D eigenvalue weighted by Gasteiger charge is -2.62. The first-order valence-corrected chi connectivity index (χ1v) is 10.3. The normalized spacial score (nSPS) is 41.7. The highest BCUT2D eigenvalue weighted by Gasteiger charge is 2.58. The van der Waals surface area contributed by atoms with Crippen molar-refractivity contribution < 1.29 is 14.6 Å². The van der Waals surface area contributed by atoms with Gasteiger partial charge in [0.1, 0.15) is 0 Å². The number of ether oxygens (including phenoxy) is 1. The van der Waals surface area contributed by atoms with E-state index in [2.05, 4.69) is 17.1 Å². The van der Waals surface area contributed by atoms with Gasteiger partial charge in [0, 0.05) is 25.6 Å². The van der Waals surface area contributed by atoms with E-state index in [4.69, 9.17) is 4.74 Å². The van der Waals surface area contributed by atoms with Crippen LogP contribution in [-0.2, 0) is 9.53 Å². The van der Waals surface area contributed by atoms with Gasteiger partial charge in [-0.1, -0.05) is 0 Å². The van der Waals surface area contributed by atoms with Gasteiger partial charge in [-0.15, -0.1) is 0 Å². The second-order valence-corrected chi connectivity index (χ2v) is 9.39. The number of amides is 1. The third-order valence-corrected chi connectivity index (χ3v) is 7.35. The molecule has 1 aliphatic heterocycles. The van der Waals surface area contributed by atoms with E-state index >= 15 is 0 Å². The van der Waals surface area contributed by atoms with Crippen LogP contribution >= 0.6 is 0 Å². The molecule has 142 valence electrons. The van der Waals surface area contributed by atoms with E-state index in [9.17, 15) is 9.90 Å². The highest BCUT2D eigenvalue weighted by Crippen LogP contribution is 2.62. The van der Waals surface area contributed by atoms with Gasteiger partial charge in [0.05, 0.1) is 18.8 Å². The summed E-state index contributed by atoms with van der Waals surface area (Å²) in [6.45, 7) is 6.77. The first-order valence-electron chi connectivity index (χ1n) is 10.3. The summed E-state index contributed by atoms with van der Waals surface area (Å²) in [5.41, 5.74) is -0.307. The van der Waals surface area contributed by atoms with Crippen LogP contribution in [0.15, 0.2) is 0 Å².